The fourth-order valence-electron chi connectivity index (χ4n) is 2.35. The molecule has 0 aromatic rings. The van der Waals surface area contributed by atoms with Crippen molar-refractivity contribution in [2.45, 2.75) is 56.3 Å². The molecule has 0 saturated heterocycles. The molecule has 1 atom stereocenters. The normalized spacial score (nSPS) is 22.6. The Bertz CT molecular complexity index is 353. The van der Waals surface area contributed by atoms with Crippen LogP contribution in [-0.4, -0.2) is 42.0 Å². The smallest absolute Gasteiger partial charge is 0.389 e. The summed E-state index contributed by atoms with van der Waals surface area (Å²) < 4.78 is 41.2. The monoisotopic (exact) mass is 295 g/mol. The molecule has 0 aromatic heterocycles. The largest absolute Gasteiger partial charge is 0.480 e. The van der Waals surface area contributed by atoms with Crippen LogP contribution in [0.5, 0.6) is 0 Å². The SMILES string of the molecule is O=C(O)C(COCCCC(F)(F)F)(NC1CC1)C1CC1. The second kappa shape index (κ2) is 5.89. The minimum Gasteiger partial charge on any atom is -0.480 e. The van der Waals surface area contributed by atoms with Crippen LogP contribution in [-0.2, 0) is 9.53 Å². The van der Waals surface area contributed by atoms with Crippen molar-refractivity contribution in [3.63, 3.8) is 0 Å². The lowest BCUT2D eigenvalue weighted by Gasteiger charge is -2.30. The van der Waals surface area contributed by atoms with Crippen molar-refractivity contribution in [2.24, 2.45) is 5.92 Å². The highest BCUT2D eigenvalue weighted by molar-refractivity contribution is 5.80. The minimum absolute atomic E-state index is 0.0308. The van der Waals surface area contributed by atoms with Crippen LogP contribution in [0.4, 0.5) is 13.2 Å². The van der Waals surface area contributed by atoms with Crippen molar-refractivity contribution in [1.82, 2.24) is 5.32 Å². The summed E-state index contributed by atoms with van der Waals surface area (Å²) >= 11 is 0. The summed E-state index contributed by atoms with van der Waals surface area (Å²) in [5, 5.41) is 12.6. The maximum absolute atomic E-state index is 12.0. The molecular weight excluding hydrogens is 275 g/mol. The molecule has 2 saturated carbocycles. The quantitative estimate of drug-likeness (QED) is 0.641. The fraction of sp³-hybridized carbons (Fsp3) is 0.923. The number of nitrogens with one attached hydrogen (secondary N) is 1. The molecule has 2 rings (SSSR count). The number of carboxylic acids is 1. The maximum Gasteiger partial charge on any atom is 0.389 e. The molecule has 0 radical (unpaired) electrons. The Morgan fingerprint density at radius 1 is 1.25 bits per heavy atom. The van der Waals surface area contributed by atoms with Gasteiger partial charge in [-0.15, -0.1) is 0 Å². The van der Waals surface area contributed by atoms with Crippen LogP contribution < -0.4 is 5.32 Å². The molecular formula is C13H20F3NO3. The summed E-state index contributed by atoms with van der Waals surface area (Å²) in [6, 6.07) is 0.213. The number of alkyl halides is 3. The Hall–Kier alpha value is -0.820. The van der Waals surface area contributed by atoms with Gasteiger partial charge in [-0.25, -0.2) is 0 Å². The van der Waals surface area contributed by atoms with Crippen LogP contribution >= 0.6 is 0 Å². The average Bonchev–Trinajstić information content (AvgIpc) is 3.18. The van der Waals surface area contributed by atoms with Crippen LogP contribution in [0.3, 0.4) is 0 Å². The van der Waals surface area contributed by atoms with E-state index in [4.69, 9.17) is 4.74 Å². The second-order valence-corrected chi connectivity index (χ2v) is 5.74. The molecule has 2 aliphatic carbocycles. The van der Waals surface area contributed by atoms with Crippen LogP contribution in [0.15, 0.2) is 0 Å². The Labute approximate surface area is 115 Å². The molecule has 0 heterocycles. The number of hydrogen-bond donors (Lipinski definition) is 2. The first kappa shape index (κ1) is 15.6. The Balaban J connectivity index is 1.80. The molecule has 0 aliphatic heterocycles. The molecule has 20 heavy (non-hydrogen) atoms. The van der Waals surface area contributed by atoms with Crippen molar-refractivity contribution in [2.75, 3.05) is 13.2 Å². The minimum atomic E-state index is -4.18. The molecule has 0 aromatic carbocycles. The van der Waals surface area contributed by atoms with Crippen molar-refractivity contribution < 1.29 is 27.8 Å². The van der Waals surface area contributed by atoms with E-state index in [0.29, 0.717) is 0 Å². The highest BCUT2D eigenvalue weighted by atomic mass is 19.4. The number of rotatable bonds is 9. The summed E-state index contributed by atoms with van der Waals surface area (Å²) in [5.41, 5.74) is -1.11. The van der Waals surface area contributed by atoms with E-state index >= 15 is 0 Å². The molecule has 2 aliphatic rings. The summed E-state index contributed by atoms with van der Waals surface area (Å²) in [6.07, 6.45) is -1.64. The average molecular weight is 295 g/mol. The molecule has 7 heteroatoms. The number of carboxylic acid groups (broad SMARTS) is 1. The standard InChI is InChI=1S/C13H20F3NO3/c14-13(15,16)6-1-7-20-8-12(11(18)19,9-2-3-9)17-10-4-5-10/h9-10,17H,1-8H2,(H,18,19). The number of halogens is 3. The fourth-order valence-corrected chi connectivity index (χ4v) is 2.35. The van der Waals surface area contributed by atoms with Gasteiger partial charge in [-0.3, -0.25) is 10.1 Å². The molecule has 0 amide bonds. The highest BCUT2D eigenvalue weighted by Crippen LogP contribution is 2.42. The van der Waals surface area contributed by atoms with E-state index in [-0.39, 0.29) is 31.6 Å². The summed E-state index contributed by atoms with van der Waals surface area (Å²) in [4.78, 5) is 11.6. The summed E-state index contributed by atoms with van der Waals surface area (Å²) in [5.74, 6) is -0.925. The highest BCUT2D eigenvalue weighted by Gasteiger charge is 2.53. The van der Waals surface area contributed by atoms with E-state index in [1.807, 2.05) is 0 Å². The van der Waals surface area contributed by atoms with Gasteiger partial charge < -0.3 is 9.84 Å². The third-order valence-electron chi connectivity index (χ3n) is 3.77. The van der Waals surface area contributed by atoms with Crippen LogP contribution in [0.25, 0.3) is 0 Å². The predicted molar refractivity (Wildman–Crippen MR) is 65.4 cm³/mol. The number of hydrogen-bond acceptors (Lipinski definition) is 3. The Morgan fingerprint density at radius 3 is 2.35 bits per heavy atom. The predicted octanol–water partition coefficient (Wildman–Crippen LogP) is 2.33. The van der Waals surface area contributed by atoms with Crippen molar-refractivity contribution >= 4 is 5.97 Å². The molecule has 0 spiro atoms. The number of carbonyl (C=O) groups is 1. The third kappa shape index (κ3) is 4.34. The molecule has 2 N–H and O–H groups in total. The van der Waals surface area contributed by atoms with Crippen LogP contribution in [0, 0.1) is 5.92 Å². The lowest BCUT2D eigenvalue weighted by Crippen LogP contribution is -2.58. The third-order valence-corrected chi connectivity index (χ3v) is 3.77. The molecule has 4 nitrogen and oxygen atoms in total. The topological polar surface area (TPSA) is 58.6 Å². The van der Waals surface area contributed by atoms with Gasteiger partial charge in [0.15, 0.2) is 0 Å². The first-order valence-electron chi connectivity index (χ1n) is 6.99. The first-order chi connectivity index (χ1) is 9.33. The number of ether oxygens (including phenoxy) is 1. The molecule has 1 unspecified atom stereocenters. The lowest BCUT2D eigenvalue weighted by atomic mass is 9.94. The Kier molecular flexibility index (Phi) is 4.59. The van der Waals surface area contributed by atoms with E-state index < -0.39 is 24.1 Å². The molecule has 0 bridgehead atoms. The van der Waals surface area contributed by atoms with Gasteiger partial charge in [0.05, 0.1) is 6.61 Å². The van der Waals surface area contributed by atoms with Crippen molar-refractivity contribution in [3.05, 3.63) is 0 Å². The summed E-state index contributed by atoms with van der Waals surface area (Å²) in [7, 11) is 0. The summed E-state index contributed by atoms with van der Waals surface area (Å²) in [6.45, 7) is -0.116. The van der Waals surface area contributed by atoms with Gasteiger partial charge in [0, 0.05) is 19.1 Å². The van der Waals surface area contributed by atoms with Gasteiger partial charge in [0.1, 0.15) is 5.54 Å². The van der Waals surface area contributed by atoms with Crippen molar-refractivity contribution in [1.29, 1.82) is 0 Å². The lowest BCUT2D eigenvalue weighted by molar-refractivity contribution is -0.151. The Morgan fingerprint density at radius 2 is 1.90 bits per heavy atom. The zero-order valence-corrected chi connectivity index (χ0v) is 11.2. The van der Waals surface area contributed by atoms with E-state index in [1.165, 1.54) is 0 Å². The van der Waals surface area contributed by atoms with E-state index in [9.17, 15) is 23.1 Å². The van der Waals surface area contributed by atoms with Gasteiger partial charge in [0.2, 0.25) is 0 Å². The second-order valence-electron chi connectivity index (χ2n) is 5.74. The van der Waals surface area contributed by atoms with E-state index in [0.717, 1.165) is 25.7 Å². The van der Waals surface area contributed by atoms with Crippen LogP contribution in [0.1, 0.15) is 38.5 Å². The molecule has 2 fully saturated rings. The van der Waals surface area contributed by atoms with Gasteiger partial charge in [0.25, 0.3) is 0 Å². The van der Waals surface area contributed by atoms with E-state index in [2.05, 4.69) is 5.32 Å². The maximum atomic E-state index is 12.0. The molecule has 116 valence electrons. The van der Waals surface area contributed by atoms with Gasteiger partial charge in [-0.05, 0) is 38.0 Å². The zero-order chi connectivity index (χ0) is 14.8. The van der Waals surface area contributed by atoms with Gasteiger partial charge in [-0.2, -0.15) is 13.2 Å². The first-order valence-corrected chi connectivity index (χ1v) is 6.99. The van der Waals surface area contributed by atoms with E-state index in [1.54, 1.807) is 0 Å². The van der Waals surface area contributed by atoms with Crippen molar-refractivity contribution in [3.8, 4) is 0 Å². The van der Waals surface area contributed by atoms with Gasteiger partial charge >= 0.3 is 12.1 Å². The zero-order valence-electron chi connectivity index (χ0n) is 11.2. The van der Waals surface area contributed by atoms with Gasteiger partial charge in [-0.1, -0.05) is 0 Å². The van der Waals surface area contributed by atoms with Crippen LogP contribution in [0.2, 0.25) is 0 Å². The number of aliphatic carboxylic acids is 1.